The smallest absolute Gasteiger partial charge is 0.312 e. The Morgan fingerprint density at radius 1 is 1.17 bits per heavy atom. The first-order chi connectivity index (χ1) is 14.8. The Morgan fingerprint density at radius 2 is 2.07 bits per heavy atom. The number of hydrazone groups is 1. The van der Waals surface area contributed by atoms with Crippen LogP contribution < -0.4 is 21.0 Å². The lowest BCUT2D eigenvalue weighted by Crippen LogP contribution is -2.42. The molecule has 2 bridgehead atoms. The maximum atomic E-state index is 13.3. The van der Waals surface area contributed by atoms with Crippen molar-refractivity contribution in [2.24, 2.45) is 11.0 Å². The van der Waals surface area contributed by atoms with Crippen molar-refractivity contribution < 1.29 is 9.78 Å². The van der Waals surface area contributed by atoms with Crippen LogP contribution in [0.1, 0.15) is 36.3 Å². The highest BCUT2D eigenvalue weighted by Crippen LogP contribution is 2.30. The molecule has 0 spiro atoms. The van der Waals surface area contributed by atoms with E-state index in [1.54, 1.807) is 6.20 Å². The van der Waals surface area contributed by atoms with Gasteiger partial charge in [0.2, 0.25) is 5.91 Å². The molecule has 1 aromatic carbocycles. The molecular formula is C24H26N5O+. The third-order valence-corrected chi connectivity index (χ3v) is 6.38. The SMILES string of the molecule is O=C(NC1CNCC1c1ccccc1)C1CCC2C=C(C1)C(c1cc#[n+]cc1)=NN2. The van der Waals surface area contributed by atoms with Crippen molar-refractivity contribution in [1.82, 2.24) is 16.1 Å². The standard InChI is InChI=1S/C24H25N5O/c30-24(27-22-15-26-14-21(22)16-4-2-1-3-5-16)18-6-7-20-13-19(12-18)23(29-28-20)17-8-10-25-11-9-17/h1-5,8-10,13,18,20-22,26H,6-7,12,14-15H2,(H,27,30)/p+1. The molecule has 2 aliphatic heterocycles. The van der Waals surface area contributed by atoms with Crippen LogP contribution >= 0.6 is 0 Å². The Balaban J connectivity index is 1.30. The van der Waals surface area contributed by atoms with Gasteiger partial charge in [0.15, 0.2) is 0 Å². The Morgan fingerprint density at radius 3 is 2.90 bits per heavy atom. The molecule has 3 N–H and O–H groups in total. The quantitative estimate of drug-likeness (QED) is 0.724. The van der Waals surface area contributed by atoms with Crippen molar-refractivity contribution in [3.63, 3.8) is 0 Å². The zero-order chi connectivity index (χ0) is 20.3. The molecular weight excluding hydrogens is 374 g/mol. The minimum atomic E-state index is -0.0470. The van der Waals surface area contributed by atoms with Gasteiger partial charge in [-0.3, -0.25) is 4.79 Å². The first-order valence-corrected chi connectivity index (χ1v) is 10.7. The summed E-state index contributed by atoms with van der Waals surface area (Å²) in [4.78, 5) is 17.3. The number of hydrogen-bond donors (Lipinski definition) is 3. The van der Waals surface area contributed by atoms with E-state index in [1.165, 1.54) is 5.56 Å². The average Bonchev–Trinajstić information content (AvgIpc) is 3.18. The molecule has 1 amide bonds. The lowest BCUT2D eigenvalue weighted by atomic mass is 9.90. The molecule has 0 saturated carbocycles. The normalized spacial score (nSPS) is 27.7. The zero-order valence-electron chi connectivity index (χ0n) is 16.8. The van der Waals surface area contributed by atoms with E-state index < -0.39 is 0 Å². The van der Waals surface area contributed by atoms with Gasteiger partial charge < -0.3 is 16.1 Å². The van der Waals surface area contributed by atoms with Crippen LogP contribution in [0.15, 0.2) is 65.4 Å². The van der Waals surface area contributed by atoms with Gasteiger partial charge in [-0.1, -0.05) is 36.4 Å². The van der Waals surface area contributed by atoms with Crippen LogP contribution in [0.25, 0.3) is 0 Å². The maximum Gasteiger partial charge on any atom is 0.312 e. The molecule has 6 heteroatoms. The lowest BCUT2D eigenvalue weighted by Gasteiger charge is -2.24. The van der Waals surface area contributed by atoms with Gasteiger partial charge in [-0.15, -0.1) is 0 Å². The van der Waals surface area contributed by atoms with Crippen molar-refractivity contribution in [2.45, 2.75) is 37.3 Å². The predicted octanol–water partition coefficient (Wildman–Crippen LogP) is 1.36. The Kier molecular flexibility index (Phi) is 5.20. The lowest BCUT2D eigenvalue weighted by molar-refractivity contribution is -0.294. The fraction of sp³-hybridized carbons (Fsp3) is 0.375. The van der Waals surface area contributed by atoms with E-state index >= 15 is 0 Å². The van der Waals surface area contributed by atoms with Crippen LogP contribution in [0, 0.1) is 12.1 Å². The second kappa shape index (κ2) is 8.29. The van der Waals surface area contributed by atoms with Crippen LogP contribution in [-0.4, -0.2) is 36.8 Å². The zero-order valence-corrected chi connectivity index (χ0v) is 16.8. The van der Waals surface area contributed by atoms with Gasteiger partial charge in [-0.2, -0.15) is 5.10 Å². The van der Waals surface area contributed by atoms with Gasteiger partial charge in [-0.05, 0) is 35.4 Å². The molecule has 1 fully saturated rings. The molecule has 1 saturated heterocycles. The first kappa shape index (κ1) is 18.8. The second-order valence-corrected chi connectivity index (χ2v) is 8.33. The molecule has 5 rings (SSSR count). The third kappa shape index (κ3) is 3.81. The van der Waals surface area contributed by atoms with Crippen molar-refractivity contribution in [3.8, 4) is 0 Å². The van der Waals surface area contributed by atoms with Gasteiger partial charge in [0.1, 0.15) is 0 Å². The number of carbonyl (C=O) groups is 1. The summed E-state index contributed by atoms with van der Waals surface area (Å²) in [5.41, 5.74) is 7.53. The minimum absolute atomic E-state index is 0.0470. The highest BCUT2D eigenvalue weighted by molar-refractivity contribution is 6.13. The summed E-state index contributed by atoms with van der Waals surface area (Å²) in [5.74, 6) is 0.415. The fourth-order valence-electron chi connectivity index (χ4n) is 4.76. The van der Waals surface area contributed by atoms with Gasteiger partial charge in [0.25, 0.3) is 0 Å². The van der Waals surface area contributed by atoms with E-state index in [4.69, 9.17) is 0 Å². The van der Waals surface area contributed by atoms with Crippen molar-refractivity contribution in [1.29, 1.82) is 0 Å². The molecule has 4 unspecified atom stereocenters. The average molecular weight is 401 g/mol. The maximum absolute atomic E-state index is 13.3. The summed E-state index contributed by atoms with van der Waals surface area (Å²) in [6.45, 7) is 1.70. The number of amides is 1. The Bertz CT molecular complexity index is 956. The van der Waals surface area contributed by atoms with Crippen molar-refractivity contribution in [3.05, 3.63) is 77.6 Å². The van der Waals surface area contributed by atoms with Gasteiger partial charge in [0, 0.05) is 42.6 Å². The summed E-state index contributed by atoms with van der Waals surface area (Å²) in [5, 5.41) is 11.4. The van der Waals surface area contributed by atoms with E-state index in [9.17, 15) is 4.79 Å². The number of fused-ring (bicyclic) bond motifs is 1. The highest BCUT2D eigenvalue weighted by Gasteiger charge is 2.34. The fourth-order valence-corrected chi connectivity index (χ4v) is 4.76. The number of nitrogens with one attached hydrogen (secondary N) is 3. The monoisotopic (exact) mass is 400 g/mol. The molecule has 152 valence electrons. The van der Waals surface area contributed by atoms with Crippen molar-refractivity contribution in [2.75, 3.05) is 13.1 Å². The molecule has 4 atom stereocenters. The minimum Gasteiger partial charge on any atom is -0.351 e. The molecule has 3 heterocycles. The van der Waals surface area contributed by atoms with E-state index in [0.29, 0.717) is 12.3 Å². The number of rotatable bonds is 4. The Labute approximate surface area is 176 Å². The molecule has 1 aliphatic carbocycles. The van der Waals surface area contributed by atoms with Crippen LogP contribution in [0.4, 0.5) is 0 Å². The van der Waals surface area contributed by atoms with E-state index in [-0.39, 0.29) is 23.9 Å². The van der Waals surface area contributed by atoms with Crippen LogP contribution in [0.2, 0.25) is 0 Å². The van der Waals surface area contributed by atoms with Crippen molar-refractivity contribution >= 4 is 11.6 Å². The number of benzene rings is 1. The third-order valence-electron chi connectivity index (χ3n) is 6.38. The van der Waals surface area contributed by atoms with E-state index in [1.807, 2.05) is 18.2 Å². The number of hydrogen-bond acceptors (Lipinski definition) is 4. The molecule has 0 radical (unpaired) electrons. The molecule has 1 aromatic heterocycles. The molecule has 2 aromatic rings. The summed E-state index contributed by atoms with van der Waals surface area (Å²) in [6.07, 6.45) is 9.31. The van der Waals surface area contributed by atoms with Crippen LogP contribution in [0.3, 0.4) is 0 Å². The van der Waals surface area contributed by atoms with Crippen LogP contribution in [-0.2, 0) is 4.79 Å². The predicted molar refractivity (Wildman–Crippen MR) is 114 cm³/mol. The number of aromatic nitrogens is 1. The van der Waals surface area contributed by atoms with Gasteiger partial charge in [-0.25, -0.2) is 0 Å². The van der Waals surface area contributed by atoms with Gasteiger partial charge >= 0.3 is 12.4 Å². The van der Waals surface area contributed by atoms with E-state index in [2.05, 4.69) is 62.7 Å². The largest absolute Gasteiger partial charge is 0.351 e. The highest BCUT2D eigenvalue weighted by atomic mass is 16.2. The van der Waals surface area contributed by atoms with Gasteiger partial charge in [0.05, 0.1) is 17.8 Å². The summed E-state index contributed by atoms with van der Waals surface area (Å²) in [7, 11) is 0. The first-order valence-electron chi connectivity index (χ1n) is 10.7. The summed E-state index contributed by atoms with van der Waals surface area (Å²) in [6, 6.07) is 14.6. The molecule has 30 heavy (non-hydrogen) atoms. The number of nitrogens with zero attached hydrogens (tertiary/aromatic N) is 2. The topological polar surface area (TPSA) is 79.6 Å². The number of carbonyl (C=O) groups excluding carboxylic acids is 1. The molecule has 6 nitrogen and oxygen atoms in total. The molecule has 3 aliphatic rings. The van der Waals surface area contributed by atoms with E-state index in [0.717, 1.165) is 42.8 Å². The van der Waals surface area contributed by atoms with Crippen LogP contribution in [0.5, 0.6) is 0 Å². The Hall–Kier alpha value is -3.17. The summed E-state index contributed by atoms with van der Waals surface area (Å²) >= 11 is 0. The second-order valence-electron chi connectivity index (χ2n) is 8.33. The summed E-state index contributed by atoms with van der Waals surface area (Å²) < 4.78 is 0. The number of allylic oxidation sites excluding steroid dienone is 1.